The number of hydrogen-bond acceptors (Lipinski definition) is 5. The molecule has 1 heterocycles. The monoisotopic (exact) mass is 514 g/mol. The minimum Gasteiger partial charge on any atom is -0.457 e. The molecule has 1 atom stereocenters. The van der Waals surface area contributed by atoms with Crippen LogP contribution in [0.4, 0.5) is 13.2 Å². The molecule has 0 spiro atoms. The van der Waals surface area contributed by atoms with Gasteiger partial charge >= 0.3 is 6.18 Å². The lowest BCUT2D eigenvalue weighted by molar-refractivity contribution is -0.136. The molecule has 4 aromatic rings. The van der Waals surface area contributed by atoms with E-state index in [-0.39, 0.29) is 17.0 Å². The molecular formula is C27H25F3N2O3S. The van der Waals surface area contributed by atoms with E-state index in [1.165, 1.54) is 24.4 Å². The van der Waals surface area contributed by atoms with Crippen LogP contribution in [-0.4, -0.2) is 25.2 Å². The number of halogens is 3. The predicted octanol–water partition coefficient (Wildman–Crippen LogP) is 6.61. The zero-order chi connectivity index (χ0) is 25.9. The fourth-order valence-electron chi connectivity index (χ4n) is 4.19. The van der Waals surface area contributed by atoms with Crippen molar-refractivity contribution in [3.05, 3.63) is 84.6 Å². The molecule has 3 aromatic carbocycles. The van der Waals surface area contributed by atoms with Gasteiger partial charge in [0, 0.05) is 11.6 Å². The maximum Gasteiger partial charge on any atom is 0.418 e. The first-order chi connectivity index (χ1) is 17.1. The Morgan fingerprint density at radius 3 is 2.36 bits per heavy atom. The van der Waals surface area contributed by atoms with Gasteiger partial charge in [0.15, 0.2) is 9.84 Å². The van der Waals surface area contributed by atoms with Crippen LogP contribution in [-0.2, 0) is 16.0 Å². The number of alkyl halides is 3. The summed E-state index contributed by atoms with van der Waals surface area (Å²) in [5.74, 6) is 0.739. The maximum absolute atomic E-state index is 13.5. The van der Waals surface area contributed by atoms with Gasteiger partial charge in [0.25, 0.3) is 0 Å². The highest BCUT2D eigenvalue weighted by molar-refractivity contribution is 7.92. The number of fused-ring (bicyclic) bond motifs is 1. The number of nitrogens with two attached hydrogens (primary N) is 1. The standard InChI is InChI=1S/C27H25F3N2O3S/c1-2-21(12-14-31)36(33,34)22-9-4-8-20(17-22)35-19-7-3-6-18(16-19)23-13-15-32-26-24(23)10-5-11-25(26)27(28,29)30/h3-11,13,15-17,21H,2,12,14,31H2,1H3. The van der Waals surface area contributed by atoms with Crippen LogP contribution >= 0.6 is 0 Å². The Bertz CT molecular complexity index is 1490. The lowest BCUT2D eigenvalue weighted by Gasteiger charge is -2.16. The van der Waals surface area contributed by atoms with Crippen molar-refractivity contribution in [2.75, 3.05) is 6.54 Å². The van der Waals surface area contributed by atoms with Crippen molar-refractivity contribution >= 4 is 20.7 Å². The summed E-state index contributed by atoms with van der Waals surface area (Å²) in [6.07, 6.45) is -2.37. The van der Waals surface area contributed by atoms with Gasteiger partial charge in [-0.1, -0.05) is 37.3 Å². The van der Waals surface area contributed by atoms with Gasteiger partial charge in [0.05, 0.1) is 21.2 Å². The molecular weight excluding hydrogens is 489 g/mol. The van der Waals surface area contributed by atoms with Crippen molar-refractivity contribution in [3.8, 4) is 22.6 Å². The summed E-state index contributed by atoms with van der Waals surface area (Å²) < 4.78 is 72.4. The smallest absolute Gasteiger partial charge is 0.418 e. The Morgan fingerprint density at radius 1 is 0.972 bits per heavy atom. The van der Waals surface area contributed by atoms with Crippen LogP contribution in [0.5, 0.6) is 11.5 Å². The molecule has 0 aliphatic carbocycles. The van der Waals surface area contributed by atoms with E-state index in [0.29, 0.717) is 40.9 Å². The van der Waals surface area contributed by atoms with Crippen LogP contribution in [0.1, 0.15) is 25.3 Å². The number of aromatic nitrogens is 1. The van der Waals surface area contributed by atoms with Gasteiger partial charge in [0.2, 0.25) is 0 Å². The molecule has 0 aliphatic rings. The van der Waals surface area contributed by atoms with E-state index in [1.807, 2.05) is 6.92 Å². The van der Waals surface area contributed by atoms with Gasteiger partial charge in [-0.25, -0.2) is 8.42 Å². The largest absolute Gasteiger partial charge is 0.457 e. The molecule has 0 fully saturated rings. The highest BCUT2D eigenvalue weighted by Gasteiger charge is 2.33. The van der Waals surface area contributed by atoms with E-state index >= 15 is 0 Å². The summed E-state index contributed by atoms with van der Waals surface area (Å²) in [6.45, 7) is 2.08. The zero-order valence-electron chi connectivity index (χ0n) is 19.5. The van der Waals surface area contributed by atoms with Crippen molar-refractivity contribution < 1.29 is 26.3 Å². The summed E-state index contributed by atoms with van der Waals surface area (Å²) in [5, 5.41) is -0.217. The third kappa shape index (κ3) is 5.22. The number of ether oxygens (including phenoxy) is 1. The fourth-order valence-corrected chi connectivity index (χ4v) is 6.01. The highest BCUT2D eigenvalue weighted by Crippen LogP contribution is 2.38. The van der Waals surface area contributed by atoms with E-state index in [2.05, 4.69) is 4.98 Å². The summed E-state index contributed by atoms with van der Waals surface area (Å²) >= 11 is 0. The van der Waals surface area contributed by atoms with Crippen LogP contribution in [0, 0.1) is 0 Å². The molecule has 1 aromatic heterocycles. The van der Waals surface area contributed by atoms with Crippen LogP contribution in [0.15, 0.2) is 83.9 Å². The van der Waals surface area contributed by atoms with E-state index in [0.717, 1.165) is 6.07 Å². The second kappa shape index (κ2) is 10.3. The number of para-hydroxylation sites is 1. The first-order valence-electron chi connectivity index (χ1n) is 11.4. The third-order valence-electron chi connectivity index (χ3n) is 5.97. The predicted molar refractivity (Wildman–Crippen MR) is 134 cm³/mol. The molecule has 1 unspecified atom stereocenters. The summed E-state index contributed by atoms with van der Waals surface area (Å²) in [5.41, 5.74) is 5.87. The first kappa shape index (κ1) is 25.7. The fraction of sp³-hybridized carbons (Fsp3) is 0.222. The van der Waals surface area contributed by atoms with Gasteiger partial charge in [-0.2, -0.15) is 13.2 Å². The number of pyridine rings is 1. The molecule has 0 saturated heterocycles. The quantitative estimate of drug-likeness (QED) is 0.286. The van der Waals surface area contributed by atoms with E-state index in [1.54, 1.807) is 48.5 Å². The van der Waals surface area contributed by atoms with Gasteiger partial charge in [0.1, 0.15) is 11.5 Å². The Hall–Kier alpha value is -3.43. The Morgan fingerprint density at radius 2 is 1.67 bits per heavy atom. The van der Waals surface area contributed by atoms with Gasteiger partial charge in [-0.3, -0.25) is 4.98 Å². The average molecular weight is 515 g/mol. The van der Waals surface area contributed by atoms with Crippen molar-refractivity contribution in [1.29, 1.82) is 0 Å². The lowest BCUT2D eigenvalue weighted by atomic mass is 9.99. The normalized spacial score (nSPS) is 13.0. The van der Waals surface area contributed by atoms with Crippen molar-refractivity contribution in [1.82, 2.24) is 4.98 Å². The van der Waals surface area contributed by atoms with Crippen LogP contribution < -0.4 is 10.5 Å². The first-order valence-corrected chi connectivity index (χ1v) is 13.0. The molecule has 36 heavy (non-hydrogen) atoms. The molecule has 0 amide bonds. The van der Waals surface area contributed by atoms with Crippen LogP contribution in [0.3, 0.4) is 0 Å². The molecule has 5 nitrogen and oxygen atoms in total. The van der Waals surface area contributed by atoms with Crippen molar-refractivity contribution in [2.24, 2.45) is 5.73 Å². The SMILES string of the molecule is CCC(CCN)S(=O)(=O)c1cccc(Oc2cccc(-c3ccnc4c(C(F)(F)F)cccc34)c2)c1. The second-order valence-electron chi connectivity index (χ2n) is 8.32. The molecule has 0 saturated carbocycles. The molecule has 9 heteroatoms. The third-order valence-corrected chi connectivity index (χ3v) is 8.33. The number of rotatable bonds is 8. The molecule has 0 aliphatic heterocycles. The van der Waals surface area contributed by atoms with E-state index in [4.69, 9.17) is 10.5 Å². The molecule has 4 rings (SSSR count). The van der Waals surface area contributed by atoms with E-state index < -0.39 is 26.8 Å². The summed E-state index contributed by atoms with van der Waals surface area (Å²) in [6, 6.07) is 18.7. The Kier molecular flexibility index (Phi) is 7.33. The number of nitrogens with zero attached hydrogens (tertiary/aromatic N) is 1. The number of sulfone groups is 1. The van der Waals surface area contributed by atoms with Crippen molar-refractivity contribution in [3.63, 3.8) is 0 Å². The van der Waals surface area contributed by atoms with Gasteiger partial charge < -0.3 is 10.5 Å². The van der Waals surface area contributed by atoms with E-state index in [9.17, 15) is 21.6 Å². The number of benzene rings is 3. The van der Waals surface area contributed by atoms with Gasteiger partial charge in [-0.15, -0.1) is 0 Å². The molecule has 0 bridgehead atoms. The molecule has 188 valence electrons. The maximum atomic E-state index is 13.5. The molecule has 2 N–H and O–H groups in total. The number of hydrogen-bond donors (Lipinski definition) is 1. The Balaban J connectivity index is 1.68. The van der Waals surface area contributed by atoms with Crippen LogP contribution in [0.25, 0.3) is 22.0 Å². The Labute approximate surface area is 207 Å². The highest BCUT2D eigenvalue weighted by atomic mass is 32.2. The van der Waals surface area contributed by atoms with Crippen molar-refractivity contribution in [2.45, 2.75) is 36.1 Å². The van der Waals surface area contributed by atoms with Crippen LogP contribution in [0.2, 0.25) is 0 Å². The topological polar surface area (TPSA) is 82.3 Å². The average Bonchev–Trinajstić information content (AvgIpc) is 2.86. The second-order valence-corrected chi connectivity index (χ2v) is 10.5. The molecule has 0 radical (unpaired) electrons. The summed E-state index contributed by atoms with van der Waals surface area (Å²) in [4.78, 5) is 4.12. The summed E-state index contributed by atoms with van der Waals surface area (Å²) in [7, 11) is -3.58. The zero-order valence-corrected chi connectivity index (χ0v) is 20.3. The minimum absolute atomic E-state index is 0.130. The lowest BCUT2D eigenvalue weighted by Crippen LogP contribution is -2.24. The van der Waals surface area contributed by atoms with Gasteiger partial charge in [-0.05, 0) is 73.0 Å². The minimum atomic E-state index is -4.53.